The monoisotopic (exact) mass is 260 g/mol. The van der Waals surface area contributed by atoms with E-state index in [-0.39, 0.29) is 5.69 Å². The Bertz CT molecular complexity index is 572. The van der Waals surface area contributed by atoms with Gasteiger partial charge in [-0.3, -0.25) is 0 Å². The molecule has 0 amide bonds. The molecule has 2 aromatic rings. The van der Waals surface area contributed by atoms with Crippen LogP contribution >= 0.6 is 11.8 Å². The van der Waals surface area contributed by atoms with Crippen molar-refractivity contribution in [3.63, 3.8) is 0 Å². The van der Waals surface area contributed by atoms with E-state index >= 15 is 0 Å². The fraction of sp³-hybridized carbons (Fsp3) is 0.154. The molecule has 0 radical (unpaired) electrons. The zero-order chi connectivity index (χ0) is 13.0. The average molecular weight is 260 g/mol. The predicted octanol–water partition coefficient (Wildman–Crippen LogP) is 2.78. The van der Waals surface area contributed by atoms with Crippen molar-refractivity contribution < 1.29 is 9.90 Å². The summed E-state index contributed by atoms with van der Waals surface area (Å²) >= 11 is 1.59. The Morgan fingerprint density at radius 2 is 2.22 bits per heavy atom. The zero-order valence-electron chi connectivity index (χ0n) is 9.83. The van der Waals surface area contributed by atoms with E-state index in [9.17, 15) is 4.79 Å². The molecule has 0 atom stereocenters. The number of benzene rings is 1. The van der Waals surface area contributed by atoms with Crippen molar-refractivity contribution in [1.29, 1.82) is 0 Å². The van der Waals surface area contributed by atoms with Crippen LogP contribution in [0.15, 0.2) is 41.4 Å². The fourth-order valence-corrected chi connectivity index (χ4v) is 2.32. The van der Waals surface area contributed by atoms with Crippen LogP contribution in [0.1, 0.15) is 21.9 Å². The van der Waals surface area contributed by atoms with Gasteiger partial charge in [-0.2, -0.15) is 0 Å². The summed E-state index contributed by atoms with van der Waals surface area (Å²) in [6.07, 6.45) is 1.47. The molecule has 18 heavy (non-hydrogen) atoms. The maximum atomic E-state index is 10.8. The first-order chi connectivity index (χ1) is 8.65. The number of aromatic carboxylic acids is 1. The molecule has 5 heteroatoms. The van der Waals surface area contributed by atoms with Crippen LogP contribution in [0, 0.1) is 6.92 Å². The molecule has 0 spiro atoms. The molecule has 1 aromatic carbocycles. The number of hydrogen-bond donors (Lipinski definition) is 1. The second-order valence-corrected chi connectivity index (χ2v) is 4.82. The smallest absolute Gasteiger partial charge is 0.354 e. The molecular weight excluding hydrogens is 248 g/mol. The molecule has 92 valence electrons. The zero-order valence-corrected chi connectivity index (χ0v) is 10.6. The maximum absolute atomic E-state index is 10.8. The molecule has 1 heterocycles. The minimum Gasteiger partial charge on any atom is -0.477 e. The van der Waals surface area contributed by atoms with Crippen molar-refractivity contribution in [2.45, 2.75) is 17.6 Å². The highest BCUT2D eigenvalue weighted by atomic mass is 32.2. The highest BCUT2D eigenvalue weighted by molar-refractivity contribution is 7.98. The maximum Gasteiger partial charge on any atom is 0.354 e. The van der Waals surface area contributed by atoms with Crippen LogP contribution in [0.2, 0.25) is 0 Å². The van der Waals surface area contributed by atoms with Gasteiger partial charge >= 0.3 is 5.97 Å². The fourth-order valence-electron chi connectivity index (χ4n) is 1.44. The van der Waals surface area contributed by atoms with E-state index in [1.165, 1.54) is 17.8 Å². The minimum atomic E-state index is -1.03. The topological polar surface area (TPSA) is 63.1 Å². The third-order valence-electron chi connectivity index (χ3n) is 2.28. The number of aromatic nitrogens is 2. The van der Waals surface area contributed by atoms with E-state index in [4.69, 9.17) is 5.11 Å². The number of carboxylic acid groups (broad SMARTS) is 1. The lowest BCUT2D eigenvalue weighted by Crippen LogP contribution is -2.03. The summed E-state index contributed by atoms with van der Waals surface area (Å²) in [5.74, 6) is 0.0607. The summed E-state index contributed by atoms with van der Waals surface area (Å²) in [7, 11) is 0. The number of nitrogens with zero attached hydrogens (tertiary/aromatic N) is 2. The molecule has 0 saturated heterocycles. The molecule has 1 N–H and O–H groups in total. The Balaban J connectivity index is 2.06. The molecule has 0 bridgehead atoms. The van der Waals surface area contributed by atoms with Gasteiger partial charge in [-0.05, 0) is 25.1 Å². The van der Waals surface area contributed by atoms with Gasteiger partial charge in [0.1, 0.15) is 5.82 Å². The van der Waals surface area contributed by atoms with Crippen LogP contribution in [-0.4, -0.2) is 21.0 Å². The van der Waals surface area contributed by atoms with Crippen molar-refractivity contribution in [2.75, 3.05) is 0 Å². The molecular formula is C13H12N2O2S. The van der Waals surface area contributed by atoms with Crippen molar-refractivity contribution in [1.82, 2.24) is 9.97 Å². The number of hydrogen-bond acceptors (Lipinski definition) is 4. The highest BCUT2D eigenvalue weighted by Crippen LogP contribution is 2.21. The number of carboxylic acids is 1. The summed E-state index contributed by atoms with van der Waals surface area (Å²) in [5, 5.41) is 8.83. The van der Waals surface area contributed by atoms with E-state index < -0.39 is 5.97 Å². The lowest BCUT2D eigenvalue weighted by Gasteiger charge is -2.02. The van der Waals surface area contributed by atoms with Gasteiger partial charge in [0.25, 0.3) is 0 Å². The van der Waals surface area contributed by atoms with Gasteiger partial charge in [-0.1, -0.05) is 17.7 Å². The SMILES string of the molecule is Cc1cccc(SCc2nccc(C(=O)O)n2)c1. The van der Waals surface area contributed by atoms with Gasteiger partial charge in [0.15, 0.2) is 5.69 Å². The Labute approximate surface area is 109 Å². The van der Waals surface area contributed by atoms with Crippen LogP contribution in [0.25, 0.3) is 0 Å². The lowest BCUT2D eigenvalue weighted by atomic mass is 10.2. The molecule has 2 rings (SSSR count). The van der Waals surface area contributed by atoms with Crippen LogP contribution in [0.3, 0.4) is 0 Å². The predicted molar refractivity (Wildman–Crippen MR) is 69.7 cm³/mol. The highest BCUT2D eigenvalue weighted by Gasteiger charge is 2.06. The Morgan fingerprint density at radius 1 is 1.39 bits per heavy atom. The first-order valence-corrected chi connectivity index (χ1v) is 6.38. The molecule has 0 fully saturated rings. The molecule has 0 aliphatic heterocycles. The van der Waals surface area contributed by atoms with Crippen LogP contribution in [0.4, 0.5) is 0 Å². The summed E-state index contributed by atoms with van der Waals surface area (Å²) in [6, 6.07) is 9.51. The molecule has 4 nitrogen and oxygen atoms in total. The second kappa shape index (κ2) is 5.64. The van der Waals surface area contributed by atoms with E-state index in [1.807, 2.05) is 25.1 Å². The number of rotatable bonds is 4. The van der Waals surface area contributed by atoms with Crippen molar-refractivity contribution in [3.05, 3.63) is 53.6 Å². The lowest BCUT2D eigenvalue weighted by molar-refractivity contribution is 0.0690. The van der Waals surface area contributed by atoms with E-state index in [0.717, 1.165) is 4.90 Å². The van der Waals surface area contributed by atoms with Gasteiger partial charge in [0, 0.05) is 11.1 Å². The van der Waals surface area contributed by atoms with Gasteiger partial charge in [-0.25, -0.2) is 14.8 Å². The Hall–Kier alpha value is -1.88. The van der Waals surface area contributed by atoms with Gasteiger partial charge in [-0.15, -0.1) is 11.8 Å². The van der Waals surface area contributed by atoms with Crippen LogP contribution in [0.5, 0.6) is 0 Å². The molecule has 0 aliphatic rings. The normalized spacial score (nSPS) is 10.3. The summed E-state index contributed by atoms with van der Waals surface area (Å²) in [4.78, 5) is 19.9. The third kappa shape index (κ3) is 3.30. The van der Waals surface area contributed by atoms with Gasteiger partial charge in [0.2, 0.25) is 0 Å². The van der Waals surface area contributed by atoms with Gasteiger partial charge in [0.05, 0.1) is 5.75 Å². The summed E-state index contributed by atoms with van der Waals surface area (Å²) in [5.41, 5.74) is 1.23. The van der Waals surface area contributed by atoms with Crippen molar-refractivity contribution in [3.8, 4) is 0 Å². The quantitative estimate of drug-likeness (QED) is 0.856. The number of thioether (sulfide) groups is 1. The standard InChI is InChI=1S/C13H12N2O2S/c1-9-3-2-4-10(7-9)18-8-12-14-6-5-11(15-12)13(16)17/h2-7H,8H2,1H3,(H,16,17). The minimum absolute atomic E-state index is 0.0323. The summed E-state index contributed by atoms with van der Waals surface area (Å²) in [6.45, 7) is 2.03. The molecule has 1 aromatic heterocycles. The van der Waals surface area contributed by atoms with Crippen molar-refractivity contribution >= 4 is 17.7 Å². The second-order valence-electron chi connectivity index (χ2n) is 3.77. The third-order valence-corrected chi connectivity index (χ3v) is 3.27. The molecule has 0 saturated carbocycles. The molecule has 0 unspecified atom stereocenters. The van der Waals surface area contributed by atoms with Crippen molar-refractivity contribution in [2.24, 2.45) is 0 Å². The summed E-state index contributed by atoms with van der Waals surface area (Å²) < 4.78 is 0. The molecule has 0 aliphatic carbocycles. The van der Waals surface area contributed by atoms with Gasteiger partial charge < -0.3 is 5.11 Å². The first-order valence-electron chi connectivity index (χ1n) is 5.40. The largest absolute Gasteiger partial charge is 0.477 e. The Morgan fingerprint density at radius 3 is 2.94 bits per heavy atom. The van der Waals surface area contributed by atoms with E-state index in [0.29, 0.717) is 11.6 Å². The first kappa shape index (κ1) is 12.6. The van der Waals surface area contributed by atoms with E-state index in [1.54, 1.807) is 11.8 Å². The van der Waals surface area contributed by atoms with Crippen LogP contribution < -0.4 is 0 Å². The Kier molecular flexibility index (Phi) is 3.94. The number of aryl methyl sites for hydroxylation is 1. The number of carbonyl (C=O) groups is 1. The van der Waals surface area contributed by atoms with E-state index in [2.05, 4.69) is 16.0 Å². The van der Waals surface area contributed by atoms with Crippen LogP contribution in [-0.2, 0) is 5.75 Å². The average Bonchev–Trinajstić information content (AvgIpc) is 2.37.